The van der Waals surface area contributed by atoms with Crippen molar-refractivity contribution in [2.75, 3.05) is 6.54 Å². The molecule has 4 heteroatoms. The lowest BCUT2D eigenvalue weighted by Gasteiger charge is -2.13. The third-order valence-electron chi connectivity index (χ3n) is 2.67. The number of carbonyl (C=O) groups excluding carboxylic acids is 1. The van der Waals surface area contributed by atoms with E-state index in [0.29, 0.717) is 18.1 Å². The molecule has 0 bridgehead atoms. The summed E-state index contributed by atoms with van der Waals surface area (Å²) < 4.78 is 0. The summed E-state index contributed by atoms with van der Waals surface area (Å²) in [6, 6.07) is 7.44. The molecular formula is C13H19ClN2O. The molecule has 1 aromatic carbocycles. The molecule has 0 aliphatic heterocycles. The number of hydrogen-bond donors (Lipinski definition) is 2. The van der Waals surface area contributed by atoms with Gasteiger partial charge in [0.25, 0.3) is 0 Å². The molecule has 0 aromatic heterocycles. The molecule has 0 saturated carbocycles. The monoisotopic (exact) mass is 254 g/mol. The lowest BCUT2D eigenvalue weighted by atomic mass is 10.0. The minimum Gasteiger partial charge on any atom is -0.352 e. The van der Waals surface area contributed by atoms with Gasteiger partial charge in [-0.05, 0) is 24.1 Å². The van der Waals surface area contributed by atoms with E-state index in [0.717, 1.165) is 18.4 Å². The Morgan fingerprint density at radius 3 is 2.59 bits per heavy atom. The molecule has 0 heterocycles. The van der Waals surface area contributed by atoms with Crippen LogP contribution in [0.15, 0.2) is 24.3 Å². The highest BCUT2D eigenvalue weighted by atomic mass is 35.5. The zero-order valence-corrected chi connectivity index (χ0v) is 10.8. The number of nitrogens with one attached hydrogen (secondary N) is 1. The van der Waals surface area contributed by atoms with Crippen LogP contribution in [-0.4, -0.2) is 12.5 Å². The molecule has 1 aromatic rings. The lowest BCUT2D eigenvalue weighted by Crippen LogP contribution is -2.34. The van der Waals surface area contributed by atoms with Gasteiger partial charge in [0.15, 0.2) is 0 Å². The third kappa shape index (κ3) is 4.75. The van der Waals surface area contributed by atoms with Gasteiger partial charge < -0.3 is 11.1 Å². The quantitative estimate of drug-likeness (QED) is 0.819. The smallest absolute Gasteiger partial charge is 0.224 e. The Labute approximate surface area is 107 Å². The Bertz CT molecular complexity index is 351. The minimum atomic E-state index is -0.0766. The van der Waals surface area contributed by atoms with Gasteiger partial charge in [-0.25, -0.2) is 0 Å². The van der Waals surface area contributed by atoms with Gasteiger partial charge >= 0.3 is 0 Å². The van der Waals surface area contributed by atoms with Crippen molar-refractivity contribution in [3.63, 3.8) is 0 Å². The van der Waals surface area contributed by atoms with Crippen molar-refractivity contribution in [3.05, 3.63) is 34.9 Å². The van der Waals surface area contributed by atoms with Gasteiger partial charge in [0.05, 0.1) is 5.92 Å². The predicted molar refractivity (Wildman–Crippen MR) is 70.8 cm³/mol. The molecular weight excluding hydrogens is 236 g/mol. The molecule has 17 heavy (non-hydrogen) atoms. The van der Waals surface area contributed by atoms with E-state index in [9.17, 15) is 4.79 Å². The van der Waals surface area contributed by atoms with E-state index >= 15 is 0 Å². The van der Waals surface area contributed by atoms with Gasteiger partial charge in [-0.15, -0.1) is 0 Å². The summed E-state index contributed by atoms with van der Waals surface area (Å²) in [6.07, 6.45) is 1.80. The van der Waals surface area contributed by atoms with Gasteiger partial charge in [0.2, 0.25) is 5.91 Å². The first-order chi connectivity index (χ1) is 8.17. The normalized spacial score (nSPS) is 12.2. The van der Waals surface area contributed by atoms with Gasteiger partial charge in [-0.1, -0.05) is 37.1 Å². The van der Waals surface area contributed by atoms with Crippen LogP contribution in [0, 0.1) is 5.92 Å². The molecule has 1 unspecified atom stereocenters. The summed E-state index contributed by atoms with van der Waals surface area (Å²) in [6.45, 7) is 2.98. The second-order valence-electron chi connectivity index (χ2n) is 4.07. The number of hydrogen-bond acceptors (Lipinski definition) is 2. The molecule has 1 rings (SSSR count). The van der Waals surface area contributed by atoms with Crippen molar-refractivity contribution in [2.24, 2.45) is 11.7 Å². The molecule has 1 amide bonds. The van der Waals surface area contributed by atoms with Crippen molar-refractivity contribution >= 4 is 17.5 Å². The highest BCUT2D eigenvalue weighted by molar-refractivity contribution is 6.30. The SMILES string of the molecule is CCCC(CN)C(=O)NCc1ccc(Cl)cc1. The van der Waals surface area contributed by atoms with E-state index in [4.69, 9.17) is 17.3 Å². The second kappa shape index (κ2) is 7.30. The molecule has 0 aliphatic carbocycles. The van der Waals surface area contributed by atoms with Gasteiger partial charge in [0, 0.05) is 18.1 Å². The molecule has 3 N–H and O–H groups in total. The third-order valence-corrected chi connectivity index (χ3v) is 2.92. The number of halogens is 1. The van der Waals surface area contributed by atoms with Crippen molar-refractivity contribution < 1.29 is 4.79 Å². The van der Waals surface area contributed by atoms with Crippen LogP contribution >= 0.6 is 11.6 Å². The summed E-state index contributed by atoms with van der Waals surface area (Å²) in [7, 11) is 0. The molecule has 3 nitrogen and oxygen atoms in total. The van der Waals surface area contributed by atoms with Crippen LogP contribution in [0.25, 0.3) is 0 Å². The summed E-state index contributed by atoms with van der Waals surface area (Å²) in [5, 5.41) is 3.59. The van der Waals surface area contributed by atoms with Crippen molar-refractivity contribution in [1.29, 1.82) is 0 Å². The van der Waals surface area contributed by atoms with Crippen molar-refractivity contribution in [2.45, 2.75) is 26.3 Å². The highest BCUT2D eigenvalue weighted by Crippen LogP contribution is 2.10. The molecule has 94 valence electrons. The number of rotatable bonds is 6. The van der Waals surface area contributed by atoms with Crippen molar-refractivity contribution in [1.82, 2.24) is 5.32 Å². The average Bonchev–Trinajstić information content (AvgIpc) is 2.35. The second-order valence-corrected chi connectivity index (χ2v) is 4.50. The van der Waals surface area contributed by atoms with Gasteiger partial charge in [-0.2, -0.15) is 0 Å². The fourth-order valence-corrected chi connectivity index (χ4v) is 1.77. The van der Waals surface area contributed by atoms with E-state index in [1.807, 2.05) is 24.3 Å². The van der Waals surface area contributed by atoms with E-state index in [2.05, 4.69) is 12.2 Å². The maximum absolute atomic E-state index is 11.8. The molecule has 0 aliphatic rings. The van der Waals surface area contributed by atoms with E-state index in [-0.39, 0.29) is 11.8 Å². The first-order valence-electron chi connectivity index (χ1n) is 5.89. The Balaban J connectivity index is 2.44. The van der Waals surface area contributed by atoms with E-state index in [1.165, 1.54) is 0 Å². The van der Waals surface area contributed by atoms with Crippen LogP contribution in [0.1, 0.15) is 25.3 Å². The largest absolute Gasteiger partial charge is 0.352 e. The van der Waals surface area contributed by atoms with Crippen LogP contribution in [-0.2, 0) is 11.3 Å². The van der Waals surface area contributed by atoms with Crippen molar-refractivity contribution in [3.8, 4) is 0 Å². The summed E-state index contributed by atoms with van der Waals surface area (Å²) in [4.78, 5) is 11.8. The molecule has 1 atom stereocenters. The standard InChI is InChI=1S/C13H19ClN2O/c1-2-3-11(8-15)13(17)16-9-10-4-6-12(14)7-5-10/h4-7,11H,2-3,8-9,15H2,1H3,(H,16,17). The van der Waals surface area contributed by atoms with Crippen LogP contribution in [0.5, 0.6) is 0 Å². The Morgan fingerprint density at radius 2 is 2.06 bits per heavy atom. The van der Waals surface area contributed by atoms with Crippen LogP contribution in [0.2, 0.25) is 5.02 Å². The Morgan fingerprint density at radius 1 is 1.41 bits per heavy atom. The Kier molecular flexibility index (Phi) is 6.01. The zero-order chi connectivity index (χ0) is 12.7. The maximum atomic E-state index is 11.8. The van der Waals surface area contributed by atoms with E-state index < -0.39 is 0 Å². The highest BCUT2D eigenvalue weighted by Gasteiger charge is 2.14. The lowest BCUT2D eigenvalue weighted by molar-refractivity contribution is -0.125. The summed E-state index contributed by atoms with van der Waals surface area (Å²) >= 11 is 5.78. The summed E-state index contributed by atoms with van der Waals surface area (Å²) in [5.41, 5.74) is 6.61. The number of amides is 1. The first kappa shape index (κ1) is 14.0. The number of nitrogens with two attached hydrogens (primary N) is 1. The number of carbonyl (C=O) groups is 1. The fraction of sp³-hybridized carbons (Fsp3) is 0.462. The molecule has 0 radical (unpaired) electrons. The van der Waals surface area contributed by atoms with E-state index in [1.54, 1.807) is 0 Å². The molecule has 0 spiro atoms. The van der Waals surface area contributed by atoms with Crippen LogP contribution in [0.4, 0.5) is 0 Å². The van der Waals surface area contributed by atoms with Gasteiger partial charge in [0.1, 0.15) is 0 Å². The van der Waals surface area contributed by atoms with Gasteiger partial charge in [-0.3, -0.25) is 4.79 Å². The average molecular weight is 255 g/mol. The minimum absolute atomic E-state index is 0.0318. The van der Waals surface area contributed by atoms with Crippen LogP contribution in [0.3, 0.4) is 0 Å². The zero-order valence-electron chi connectivity index (χ0n) is 10.1. The van der Waals surface area contributed by atoms with Crippen LogP contribution < -0.4 is 11.1 Å². The molecule has 0 saturated heterocycles. The predicted octanol–water partition coefficient (Wildman–Crippen LogP) is 2.33. The topological polar surface area (TPSA) is 55.1 Å². The first-order valence-corrected chi connectivity index (χ1v) is 6.27. The Hall–Kier alpha value is -1.06. The number of benzene rings is 1. The summed E-state index contributed by atoms with van der Waals surface area (Å²) in [5.74, 6) is -0.0448. The maximum Gasteiger partial charge on any atom is 0.224 e. The fourth-order valence-electron chi connectivity index (χ4n) is 1.64. The molecule has 0 fully saturated rings.